The molecule has 10 heteroatoms. The van der Waals surface area contributed by atoms with Crippen LogP contribution in [0, 0.1) is 5.92 Å². The molecule has 32 heavy (non-hydrogen) atoms. The molecule has 0 fully saturated rings. The summed E-state index contributed by atoms with van der Waals surface area (Å²) >= 11 is 0. The number of aromatic nitrogens is 4. The van der Waals surface area contributed by atoms with Gasteiger partial charge in [-0.25, -0.2) is 9.78 Å². The highest BCUT2D eigenvalue weighted by atomic mass is 16.2. The zero-order valence-corrected chi connectivity index (χ0v) is 18.7. The summed E-state index contributed by atoms with van der Waals surface area (Å²) < 4.78 is 4.06. The van der Waals surface area contributed by atoms with Crippen LogP contribution in [-0.2, 0) is 36.8 Å². The van der Waals surface area contributed by atoms with Gasteiger partial charge in [0, 0.05) is 45.2 Å². The number of amides is 2. The minimum absolute atomic E-state index is 0.0446. The summed E-state index contributed by atoms with van der Waals surface area (Å²) in [5.41, 5.74) is 1.48. The van der Waals surface area contributed by atoms with E-state index in [1.165, 1.54) is 17.9 Å². The topological polar surface area (TPSA) is 120 Å². The van der Waals surface area contributed by atoms with E-state index in [0.717, 1.165) is 15.8 Å². The van der Waals surface area contributed by atoms with Crippen LogP contribution >= 0.6 is 0 Å². The summed E-state index contributed by atoms with van der Waals surface area (Å²) in [6.07, 6.45) is 2.32. The molecule has 0 aliphatic rings. The van der Waals surface area contributed by atoms with Crippen molar-refractivity contribution in [1.82, 2.24) is 24.0 Å². The maximum absolute atomic E-state index is 12.4. The number of carbonyl (C=O) groups excluding carboxylic acids is 2. The molecule has 0 saturated carbocycles. The summed E-state index contributed by atoms with van der Waals surface area (Å²) in [4.78, 5) is 52.6. The quantitative estimate of drug-likeness (QED) is 0.544. The highest BCUT2D eigenvalue weighted by molar-refractivity contribution is 5.92. The van der Waals surface area contributed by atoms with Gasteiger partial charge in [-0.2, -0.15) is 0 Å². The third-order valence-corrected chi connectivity index (χ3v) is 5.26. The Morgan fingerprint density at radius 1 is 1.06 bits per heavy atom. The third kappa shape index (κ3) is 4.96. The van der Waals surface area contributed by atoms with Crippen molar-refractivity contribution in [2.45, 2.75) is 39.8 Å². The number of carbonyl (C=O) groups is 2. The number of nitrogens with one attached hydrogen (secondary N) is 2. The van der Waals surface area contributed by atoms with E-state index >= 15 is 0 Å². The summed E-state index contributed by atoms with van der Waals surface area (Å²) in [6.45, 7) is 4.47. The minimum atomic E-state index is -0.428. The lowest BCUT2D eigenvalue weighted by Crippen LogP contribution is -2.37. The average molecular weight is 441 g/mol. The highest BCUT2D eigenvalue weighted by Gasteiger charge is 2.14. The van der Waals surface area contributed by atoms with E-state index in [4.69, 9.17) is 0 Å². The highest BCUT2D eigenvalue weighted by Crippen LogP contribution is 2.11. The number of imidazole rings is 1. The molecule has 0 unspecified atom stereocenters. The van der Waals surface area contributed by atoms with Crippen LogP contribution in [0.25, 0.3) is 11.2 Å². The summed E-state index contributed by atoms with van der Waals surface area (Å²) in [5, 5.41) is 5.69. The Bertz CT molecular complexity index is 1250. The molecule has 170 valence electrons. The van der Waals surface area contributed by atoms with Crippen molar-refractivity contribution in [2.24, 2.45) is 20.0 Å². The SMILES string of the molecule is CC(C)C(=O)Nc1ccc(CNC(=O)CCCn2cnc3c2c(=O)n(C)c(=O)n3C)cc1. The maximum atomic E-state index is 12.4. The van der Waals surface area contributed by atoms with E-state index in [9.17, 15) is 19.2 Å². The average Bonchev–Trinajstić information content (AvgIpc) is 3.19. The monoisotopic (exact) mass is 440 g/mol. The van der Waals surface area contributed by atoms with E-state index in [1.54, 1.807) is 23.7 Å². The Labute approximate surface area is 184 Å². The van der Waals surface area contributed by atoms with Crippen molar-refractivity contribution in [3.63, 3.8) is 0 Å². The van der Waals surface area contributed by atoms with E-state index in [1.807, 2.05) is 26.0 Å². The van der Waals surface area contributed by atoms with Crippen molar-refractivity contribution < 1.29 is 9.59 Å². The van der Waals surface area contributed by atoms with Gasteiger partial charge in [0.15, 0.2) is 11.2 Å². The van der Waals surface area contributed by atoms with Crippen LogP contribution < -0.4 is 21.9 Å². The first-order valence-corrected chi connectivity index (χ1v) is 10.5. The van der Waals surface area contributed by atoms with Gasteiger partial charge in [0.05, 0.1) is 6.33 Å². The van der Waals surface area contributed by atoms with Crippen LogP contribution in [0.15, 0.2) is 40.2 Å². The Hall–Kier alpha value is -3.69. The van der Waals surface area contributed by atoms with E-state index in [2.05, 4.69) is 15.6 Å². The zero-order valence-electron chi connectivity index (χ0n) is 18.7. The van der Waals surface area contributed by atoms with Gasteiger partial charge in [0.1, 0.15) is 0 Å². The first kappa shape index (κ1) is 23.0. The van der Waals surface area contributed by atoms with Crippen LogP contribution in [0.1, 0.15) is 32.3 Å². The van der Waals surface area contributed by atoms with Crippen molar-refractivity contribution >= 4 is 28.7 Å². The van der Waals surface area contributed by atoms with Crippen LogP contribution in [0.2, 0.25) is 0 Å². The Morgan fingerprint density at radius 3 is 2.41 bits per heavy atom. The van der Waals surface area contributed by atoms with Gasteiger partial charge < -0.3 is 15.2 Å². The van der Waals surface area contributed by atoms with Gasteiger partial charge >= 0.3 is 5.69 Å². The van der Waals surface area contributed by atoms with E-state index in [-0.39, 0.29) is 24.2 Å². The number of aryl methyl sites for hydroxylation is 2. The van der Waals surface area contributed by atoms with Crippen molar-refractivity contribution in [3.8, 4) is 0 Å². The van der Waals surface area contributed by atoms with Crippen molar-refractivity contribution in [1.29, 1.82) is 0 Å². The van der Waals surface area contributed by atoms with Crippen molar-refractivity contribution in [3.05, 3.63) is 57.0 Å². The molecule has 0 radical (unpaired) electrons. The standard InChI is InChI=1S/C22H28N6O4/c1-14(2)20(30)25-16-9-7-15(8-10-16)12-23-17(29)6-5-11-28-13-24-19-18(28)21(31)27(4)22(32)26(19)3/h7-10,13-14H,5-6,11-12H2,1-4H3,(H,23,29)(H,25,30). The summed E-state index contributed by atoms with van der Waals surface area (Å²) in [6, 6.07) is 7.32. The molecule has 0 atom stereocenters. The maximum Gasteiger partial charge on any atom is 0.332 e. The van der Waals surface area contributed by atoms with E-state index in [0.29, 0.717) is 30.7 Å². The lowest BCUT2D eigenvalue weighted by molar-refractivity contribution is -0.121. The number of benzene rings is 1. The number of rotatable bonds is 8. The predicted molar refractivity (Wildman–Crippen MR) is 121 cm³/mol. The van der Waals surface area contributed by atoms with Gasteiger partial charge in [-0.05, 0) is 24.1 Å². The van der Waals surface area contributed by atoms with Crippen LogP contribution in [0.4, 0.5) is 5.69 Å². The number of nitrogens with zero attached hydrogens (tertiary/aromatic N) is 4. The fourth-order valence-corrected chi connectivity index (χ4v) is 3.26. The molecule has 2 amide bonds. The van der Waals surface area contributed by atoms with Gasteiger partial charge in [0.25, 0.3) is 5.56 Å². The molecule has 2 heterocycles. The molecule has 0 bridgehead atoms. The van der Waals surface area contributed by atoms with Gasteiger partial charge in [-0.15, -0.1) is 0 Å². The van der Waals surface area contributed by atoms with E-state index < -0.39 is 11.2 Å². The first-order valence-electron chi connectivity index (χ1n) is 10.5. The number of hydrogen-bond acceptors (Lipinski definition) is 5. The fourth-order valence-electron chi connectivity index (χ4n) is 3.26. The van der Waals surface area contributed by atoms with Gasteiger partial charge in [-0.3, -0.25) is 23.5 Å². The number of fused-ring (bicyclic) bond motifs is 1. The Balaban J connectivity index is 1.51. The first-order chi connectivity index (χ1) is 15.2. The Kier molecular flexibility index (Phi) is 6.92. The molecule has 0 spiro atoms. The lowest BCUT2D eigenvalue weighted by Gasteiger charge is -2.09. The second kappa shape index (κ2) is 9.63. The second-order valence-electron chi connectivity index (χ2n) is 8.04. The normalized spacial score (nSPS) is 11.2. The molecular weight excluding hydrogens is 412 g/mol. The molecule has 10 nitrogen and oxygen atoms in total. The van der Waals surface area contributed by atoms with Crippen molar-refractivity contribution in [2.75, 3.05) is 5.32 Å². The molecule has 1 aromatic carbocycles. The predicted octanol–water partition coefficient (Wildman–Crippen LogP) is 1.12. The molecule has 2 N–H and O–H groups in total. The molecule has 0 aliphatic carbocycles. The molecule has 2 aromatic heterocycles. The van der Waals surface area contributed by atoms with Gasteiger partial charge in [0.2, 0.25) is 11.8 Å². The second-order valence-corrected chi connectivity index (χ2v) is 8.04. The molecule has 0 saturated heterocycles. The summed E-state index contributed by atoms with van der Waals surface area (Å²) in [5.74, 6) is -0.243. The molecular formula is C22H28N6O4. The van der Waals surface area contributed by atoms with Gasteiger partial charge in [-0.1, -0.05) is 26.0 Å². The Morgan fingerprint density at radius 2 is 1.75 bits per heavy atom. The zero-order chi connectivity index (χ0) is 23.4. The number of hydrogen-bond donors (Lipinski definition) is 2. The fraction of sp³-hybridized carbons (Fsp3) is 0.409. The summed E-state index contributed by atoms with van der Waals surface area (Å²) in [7, 11) is 3.00. The smallest absolute Gasteiger partial charge is 0.332 e. The third-order valence-electron chi connectivity index (χ3n) is 5.26. The molecule has 3 rings (SSSR count). The lowest BCUT2D eigenvalue weighted by atomic mass is 10.1. The van der Waals surface area contributed by atoms with Crippen LogP contribution in [-0.4, -0.2) is 30.5 Å². The minimum Gasteiger partial charge on any atom is -0.352 e. The van der Waals surface area contributed by atoms with Crippen LogP contribution in [0.5, 0.6) is 0 Å². The molecule has 3 aromatic rings. The largest absolute Gasteiger partial charge is 0.352 e. The van der Waals surface area contributed by atoms with Crippen LogP contribution in [0.3, 0.4) is 0 Å². The number of anilines is 1. The molecule has 0 aliphatic heterocycles.